The molecule has 0 aromatic carbocycles. The van der Waals surface area contributed by atoms with Crippen molar-refractivity contribution in [1.82, 2.24) is 4.90 Å². The quantitative estimate of drug-likeness (QED) is 0.610. The molecular formula is C12H25NO2. The molecule has 3 heteroatoms. The summed E-state index contributed by atoms with van der Waals surface area (Å²) in [6.45, 7) is 13.3. The highest BCUT2D eigenvalue weighted by Gasteiger charge is 2.34. The van der Waals surface area contributed by atoms with Crippen molar-refractivity contribution in [2.24, 2.45) is 5.41 Å². The molecule has 90 valence electrons. The number of rotatable bonds is 7. The standard InChI is InChI=1S/C12H25NO2/c1-6-12(5,11(14)15-9-4)10-13(7-2)8-3/h6-10H2,1-5H3. The van der Waals surface area contributed by atoms with Gasteiger partial charge in [0, 0.05) is 6.54 Å². The van der Waals surface area contributed by atoms with Crippen molar-refractivity contribution in [3.05, 3.63) is 0 Å². The fourth-order valence-corrected chi connectivity index (χ4v) is 1.57. The summed E-state index contributed by atoms with van der Waals surface area (Å²) in [5, 5.41) is 0. The molecule has 0 saturated carbocycles. The van der Waals surface area contributed by atoms with Crippen LogP contribution in [0.2, 0.25) is 0 Å². The van der Waals surface area contributed by atoms with E-state index in [-0.39, 0.29) is 11.4 Å². The number of hydrogen-bond acceptors (Lipinski definition) is 3. The van der Waals surface area contributed by atoms with Crippen LogP contribution in [0.3, 0.4) is 0 Å². The van der Waals surface area contributed by atoms with Crippen LogP contribution in [0, 0.1) is 5.41 Å². The molecule has 0 amide bonds. The molecule has 0 radical (unpaired) electrons. The highest BCUT2D eigenvalue weighted by atomic mass is 16.5. The van der Waals surface area contributed by atoms with E-state index in [1.165, 1.54) is 0 Å². The molecule has 3 nitrogen and oxygen atoms in total. The van der Waals surface area contributed by atoms with Crippen LogP contribution in [0.15, 0.2) is 0 Å². The van der Waals surface area contributed by atoms with E-state index in [0.717, 1.165) is 26.1 Å². The van der Waals surface area contributed by atoms with Gasteiger partial charge in [0.1, 0.15) is 0 Å². The Kier molecular flexibility index (Phi) is 6.57. The summed E-state index contributed by atoms with van der Waals surface area (Å²) < 4.78 is 5.12. The Morgan fingerprint density at radius 2 is 1.73 bits per heavy atom. The van der Waals surface area contributed by atoms with Gasteiger partial charge in [-0.1, -0.05) is 20.8 Å². The summed E-state index contributed by atoms with van der Waals surface area (Å²) in [7, 11) is 0. The number of ether oxygens (including phenoxy) is 1. The van der Waals surface area contributed by atoms with Crippen LogP contribution in [0.5, 0.6) is 0 Å². The average molecular weight is 215 g/mol. The van der Waals surface area contributed by atoms with E-state index >= 15 is 0 Å². The first kappa shape index (κ1) is 14.4. The lowest BCUT2D eigenvalue weighted by Crippen LogP contribution is -2.41. The zero-order valence-corrected chi connectivity index (χ0v) is 10.8. The summed E-state index contributed by atoms with van der Waals surface area (Å²) in [6.07, 6.45) is 0.822. The number of hydrogen-bond donors (Lipinski definition) is 0. The van der Waals surface area contributed by atoms with Crippen LogP contribution in [0.1, 0.15) is 41.0 Å². The second-order valence-corrected chi connectivity index (χ2v) is 4.10. The first-order chi connectivity index (χ1) is 7.03. The van der Waals surface area contributed by atoms with Crippen LogP contribution >= 0.6 is 0 Å². The zero-order valence-electron chi connectivity index (χ0n) is 10.8. The van der Waals surface area contributed by atoms with Gasteiger partial charge in [0.25, 0.3) is 0 Å². The molecule has 0 aliphatic heterocycles. The molecule has 0 spiro atoms. The highest BCUT2D eigenvalue weighted by molar-refractivity contribution is 5.76. The lowest BCUT2D eigenvalue weighted by atomic mass is 9.87. The molecule has 0 aromatic heterocycles. The molecule has 0 fully saturated rings. The molecule has 0 heterocycles. The maximum absolute atomic E-state index is 11.8. The van der Waals surface area contributed by atoms with Gasteiger partial charge in [-0.3, -0.25) is 4.79 Å². The predicted octanol–water partition coefficient (Wildman–Crippen LogP) is 2.31. The van der Waals surface area contributed by atoms with Crippen LogP contribution in [-0.2, 0) is 9.53 Å². The Balaban J connectivity index is 4.47. The largest absolute Gasteiger partial charge is 0.466 e. The smallest absolute Gasteiger partial charge is 0.313 e. The molecule has 1 unspecified atom stereocenters. The van der Waals surface area contributed by atoms with Gasteiger partial charge in [-0.15, -0.1) is 0 Å². The van der Waals surface area contributed by atoms with E-state index < -0.39 is 0 Å². The Labute approximate surface area is 93.8 Å². The Hall–Kier alpha value is -0.570. The van der Waals surface area contributed by atoms with E-state index in [2.05, 4.69) is 18.7 Å². The lowest BCUT2D eigenvalue weighted by Gasteiger charge is -2.31. The average Bonchev–Trinajstić information content (AvgIpc) is 2.25. The SMILES string of the molecule is CCOC(=O)C(C)(CC)CN(CC)CC. The fourth-order valence-electron chi connectivity index (χ4n) is 1.57. The summed E-state index contributed by atoms with van der Waals surface area (Å²) in [5.74, 6) is -0.0700. The van der Waals surface area contributed by atoms with Crippen molar-refractivity contribution < 1.29 is 9.53 Å². The summed E-state index contributed by atoms with van der Waals surface area (Å²) in [4.78, 5) is 14.1. The minimum absolute atomic E-state index is 0.0700. The first-order valence-corrected chi connectivity index (χ1v) is 5.93. The van der Waals surface area contributed by atoms with Gasteiger partial charge < -0.3 is 9.64 Å². The van der Waals surface area contributed by atoms with Crippen molar-refractivity contribution in [1.29, 1.82) is 0 Å². The Bertz CT molecular complexity index is 190. The van der Waals surface area contributed by atoms with Crippen LogP contribution in [0.4, 0.5) is 0 Å². The minimum Gasteiger partial charge on any atom is -0.466 e. The molecule has 0 N–H and O–H groups in total. The van der Waals surface area contributed by atoms with Gasteiger partial charge in [0.15, 0.2) is 0 Å². The maximum Gasteiger partial charge on any atom is 0.313 e. The number of nitrogens with zero attached hydrogens (tertiary/aromatic N) is 1. The zero-order chi connectivity index (χ0) is 11.9. The van der Waals surface area contributed by atoms with Gasteiger partial charge in [-0.25, -0.2) is 0 Å². The van der Waals surface area contributed by atoms with Gasteiger partial charge in [-0.05, 0) is 33.4 Å². The molecule has 1 atom stereocenters. The van der Waals surface area contributed by atoms with E-state index in [4.69, 9.17) is 4.74 Å². The molecule has 15 heavy (non-hydrogen) atoms. The molecule has 0 aliphatic rings. The van der Waals surface area contributed by atoms with Crippen LogP contribution in [-0.4, -0.2) is 37.1 Å². The summed E-state index contributed by atoms with van der Waals surface area (Å²) >= 11 is 0. The highest BCUT2D eigenvalue weighted by Crippen LogP contribution is 2.24. The minimum atomic E-state index is -0.359. The molecule has 0 bridgehead atoms. The summed E-state index contributed by atoms with van der Waals surface area (Å²) in [5.41, 5.74) is -0.359. The predicted molar refractivity (Wildman–Crippen MR) is 62.8 cm³/mol. The van der Waals surface area contributed by atoms with Crippen LogP contribution < -0.4 is 0 Å². The number of carbonyl (C=O) groups is 1. The third-order valence-electron chi connectivity index (χ3n) is 3.02. The van der Waals surface area contributed by atoms with Crippen molar-refractivity contribution in [2.45, 2.75) is 41.0 Å². The molecule has 0 rings (SSSR count). The number of esters is 1. The molecule has 0 saturated heterocycles. The molecule has 0 aliphatic carbocycles. The Morgan fingerprint density at radius 3 is 2.07 bits per heavy atom. The second kappa shape index (κ2) is 6.83. The van der Waals surface area contributed by atoms with Crippen molar-refractivity contribution in [2.75, 3.05) is 26.2 Å². The van der Waals surface area contributed by atoms with Gasteiger partial charge >= 0.3 is 5.97 Å². The first-order valence-electron chi connectivity index (χ1n) is 5.93. The van der Waals surface area contributed by atoms with Crippen molar-refractivity contribution >= 4 is 5.97 Å². The van der Waals surface area contributed by atoms with Gasteiger partial charge in [-0.2, -0.15) is 0 Å². The lowest BCUT2D eigenvalue weighted by molar-refractivity contribution is -0.155. The third-order valence-corrected chi connectivity index (χ3v) is 3.02. The topological polar surface area (TPSA) is 29.5 Å². The normalized spacial score (nSPS) is 15.1. The monoisotopic (exact) mass is 215 g/mol. The van der Waals surface area contributed by atoms with Gasteiger partial charge in [0.2, 0.25) is 0 Å². The van der Waals surface area contributed by atoms with Gasteiger partial charge in [0.05, 0.1) is 12.0 Å². The summed E-state index contributed by atoms with van der Waals surface area (Å²) in [6, 6.07) is 0. The van der Waals surface area contributed by atoms with E-state index in [9.17, 15) is 4.79 Å². The van der Waals surface area contributed by atoms with Crippen molar-refractivity contribution in [3.8, 4) is 0 Å². The molecular weight excluding hydrogens is 190 g/mol. The van der Waals surface area contributed by atoms with Crippen molar-refractivity contribution in [3.63, 3.8) is 0 Å². The second-order valence-electron chi connectivity index (χ2n) is 4.10. The van der Waals surface area contributed by atoms with Crippen LogP contribution in [0.25, 0.3) is 0 Å². The fraction of sp³-hybridized carbons (Fsp3) is 0.917. The molecule has 0 aromatic rings. The van der Waals surface area contributed by atoms with E-state index in [1.807, 2.05) is 20.8 Å². The number of carbonyl (C=O) groups excluding carboxylic acids is 1. The van der Waals surface area contributed by atoms with E-state index in [1.54, 1.807) is 0 Å². The Morgan fingerprint density at radius 1 is 1.20 bits per heavy atom. The third kappa shape index (κ3) is 4.20. The maximum atomic E-state index is 11.8. The van der Waals surface area contributed by atoms with E-state index in [0.29, 0.717) is 6.61 Å².